The Labute approximate surface area is 119 Å². The highest BCUT2D eigenvalue weighted by Gasteiger charge is 2.27. The fourth-order valence-electron chi connectivity index (χ4n) is 2.19. The molecule has 0 spiro atoms. The molecule has 1 aliphatic heterocycles. The molecule has 2 aromatic rings. The topological polar surface area (TPSA) is 49.8 Å². The minimum Gasteiger partial charge on any atom is -0.324 e. The largest absolute Gasteiger partial charge is 0.393 e. The summed E-state index contributed by atoms with van der Waals surface area (Å²) in [5.41, 5.74) is 2.90. The Morgan fingerprint density at radius 3 is 2.62 bits per heavy atom. The number of fused-ring (bicyclic) bond motifs is 1. The predicted molar refractivity (Wildman–Crippen MR) is 72.1 cm³/mol. The third-order valence-electron chi connectivity index (χ3n) is 3.18. The minimum absolute atomic E-state index is 0.229. The van der Waals surface area contributed by atoms with Gasteiger partial charge in [0.05, 0.1) is 12.1 Å². The molecule has 21 heavy (non-hydrogen) atoms. The zero-order valence-electron chi connectivity index (χ0n) is 11.0. The van der Waals surface area contributed by atoms with Crippen LogP contribution in [0, 0.1) is 0 Å². The lowest BCUT2D eigenvalue weighted by molar-refractivity contribution is -0.127. The molecule has 110 valence electrons. The number of nitrogens with zero attached hydrogens (tertiary/aromatic N) is 2. The molecule has 3 rings (SSSR count). The van der Waals surface area contributed by atoms with Gasteiger partial charge >= 0.3 is 6.18 Å². The molecule has 0 aliphatic carbocycles. The van der Waals surface area contributed by atoms with Gasteiger partial charge in [-0.15, -0.1) is 0 Å². The van der Waals surface area contributed by atoms with Crippen molar-refractivity contribution in [2.75, 3.05) is 5.32 Å². The van der Waals surface area contributed by atoms with Crippen LogP contribution in [0.4, 0.5) is 24.8 Å². The second-order valence-electron chi connectivity index (χ2n) is 4.88. The normalized spacial score (nSPS) is 14.0. The molecule has 1 aliphatic rings. The quantitative estimate of drug-likeness (QED) is 0.914. The van der Waals surface area contributed by atoms with Crippen LogP contribution >= 0.6 is 0 Å². The van der Waals surface area contributed by atoms with E-state index in [2.05, 4.69) is 20.6 Å². The van der Waals surface area contributed by atoms with Crippen LogP contribution in [-0.4, -0.2) is 16.1 Å². The molecule has 4 nitrogen and oxygen atoms in total. The summed E-state index contributed by atoms with van der Waals surface area (Å²) in [6.45, 7) is 1.47. The zero-order valence-corrected chi connectivity index (χ0v) is 11.0. The molecule has 2 N–H and O–H groups in total. The highest BCUT2D eigenvalue weighted by molar-refractivity contribution is 5.54. The Morgan fingerprint density at radius 1 is 1.14 bits per heavy atom. The van der Waals surface area contributed by atoms with Gasteiger partial charge in [-0.1, -0.05) is 12.1 Å². The van der Waals surface area contributed by atoms with Crippen LogP contribution in [0.3, 0.4) is 0 Å². The van der Waals surface area contributed by atoms with Gasteiger partial charge in [-0.3, -0.25) is 0 Å². The summed E-state index contributed by atoms with van der Waals surface area (Å²) in [5.74, 6) is 0.445. The van der Waals surface area contributed by atoms with E-state index in [1.807, 2.05) is 0 Å². The van der Waals surface area contributed by atoms with Crippen molar-refractivity contribution < 1.29 is 13.2 Å². The molecule has 2 heterocycles. The van der Waals surface area contributed by atoms with E-state index in [-0.39, 0.29) is 5.56 Å². The van der Waals surface area contributed by atoms with Gasteiger partial charge in [-0.05, 0) is 17.7 Å². The van der Waals surface area contributed by atoms with Crippen LogP contribution in [0.1, 0.15) is 16.8 Å². The number of halogens is 3. The van der Waals surface area contributed by atoms with Crippen LogP contribution in [-0.2, 0) is 19.5 Å². The molecule has 1 aromatic heterocycles. The van der Waals surface area contributed by atoms with Crippen LogP contribution < -0.4 is 10.6 Å². The maximum atomic E-state index is 12.3. The van der Waals surface area contributed by atoms with E-state index >= 15 is 0 Å². The molecule has 0 saturated carbocycles. The number of hydrogen-bond donors (Lipinski definition) is 2. The molecule has 0 saturated heterocycles. The number of benzene rings is 1. The standard InChI is InChI=1S/C14H13F3N4/c15-14(16,17)5-9-1-3-11(4-2-9)20-13-19-7-10-6-18-8-12(10)21-13/h1-4,7,18H,5-6,8H2,(H,19,20,21). The van der Waals surface area contributed by atoms with E-state index in [4.69, 9.17) is 0 Å². The van der Waals surface area contributed by atoms with E-state index in [0.717, 1.165) is 17.8 Å². The van der Waals surface area contributed by atoms with Crippen molar-refractivity contribution in [1.29, 1.82) is 0 Å². The SMILES string of the molecule is FC(F)(F)Cc1ccc(Nc2ncc3c(n2)CNC3)cc1. The molecule has 0 bridgehead atoms. The van der Waals surface area contributed by atoms with Gasteiger partial charge in [0.15, 0.2) is 0 Å². The van der Waals surface area contributed by atoms with Crippen molar-refractivity contribution in [3.63, 3.8) is 0 Å². The highest BCUT2D eigenvalue weighted by atomic mass is 19.4. The highest BCUT2D eigenvalue weighted by Crippen LogP contribution is 2.23. The Bertz CT molecular complexity index is 638. The second kappa shape index (κ2) is 5.33. The Hall–Kier alpha value is -2.15. The van der Waals surface area contributed by atoms with Crippen LogP contribution in [0.5, 0.6) is 0 Å². The Kier molecular flexibility index (Phi) is 3.50. The first-order chi connectivity index (χ1) is 9.99. The van der Waals surface area contributed by atoms with Crippen molar-refractivity contribution in [2.24, 2.45) is 0 Å². The summed E-state index contributed by atoms with van der Waals surface area (Å²) >= 11 is 0. The van der Waals surface area contributed by atoms with E-state index < -0.39 is 12.6 Å². The smallest absolute Gasteiger partial charge is 0.324 e. The van der Waals surface area contributed by atoms with Gasteiger partial charge < -0.3 is 10.6 Å². The summed E-state index contributed by atoms with van der Waals surface area (Å²) < 4.78 is 36.8. The molecular formula is C14H13F3N4. The second-order valence-corrected chi connectivity index (χ2v) is 4.88. The fraction of sp³-hybridized carbons (Fsp3) is 0.286. The van der Waals surface area contributed by atoms with Crippen molar-refractivity contribution in [3.8, 4) is 0 Å². The van der Waals surface area contributed by atoms with Crippen molar-refractivity contribution in [2.45, 2.75) is 25.7 Å². The van der Waals surface area contributed by atoms with Crippen molar-refractivity contribution in [1.82, 2.24) is 15.3 Å². The Morgan fingerprint density at radius 2 is 1.90 bits per heavy atom. The third-order valence-corrected chi connectivity index (χ3v) is 3.18. The third kappa shape index (κ3) is 3.49. The average molecular weight is 294 g/mol. The molecule has 0 atom stereocenters. The lowest BCUT2D eigenvalue weighted by Crippen LogP contribution is -2.11. The van der Waals surface area contributed by atoms with Gasteiger partial charge in [0.25, 0.3) is 0 Å². The van der Waals surface area contributed by atoms with E-state index in [1.165, 1.54) is 12.1 Å². The van der Waals surface area contributed by atoms with Crippen LogP contribution in [0.15, 0.2) is 30.5 Å². The van der Waals surface area contributed by atoms with Gasteiger partial charge in [-0.25, -0.2) is 9.97 Å². The molecule has 0 radical (unpaired) electrons. The fourth-order valence-corrected chi connectivity index (χ4v) is 2.19. The van der Waals surface area contributed by atoms with Gasteiger partial charge in [-0.2, -0.15) is 13.2 Å². The first kappa shape index (κ1) is 13.8. The predicted octanol–water partition coefficient (Wildman–Crippen LogP) is 2.93. The lowest BCUT2D eigenvalue weighted by Gasteiger charge is -2.09. The number of hydrogen-bond acceptors (Lipinski definition) is 4. The molecule has 1 aromatic carbocycles. The van der Waals surface area contributed by atoms with Gasteiger partial charge in [0, 0.05) is 30.5 Å². The molecule has 0 fully saturated rings. The maximum Gasteiger partial charge on any atom is 0.393 e. The monoisotopic (exact) mass is 294 g/mol. The zero-order chi connectivity index (χ0) is 14.9. The first-order valence-electron chi connectivity index (χ1n) is 6.48. The lowest BCUT2D eigenvalue weighted by atomic mass is 10.1. The number of aromatic nitrogens is 2. The summed E-state index contributed by atoms with van der Waals surface area (Å²) in [6.07, 6.45) is -3.36. The molecule has 0 amide bonds. The maximum absolute atomic E-state index is 12.3. The van der Waals surface area contributed by atoms with Gasteiger partial charge in [0.1, 0.15) is 0 Å². The number of alkyl halides is 3. The number of anilines is 2. The molecular weight excluding hydrogens is 281 g/mol. The molecule has 7 heteroatoms. The van der Waals surface area contributed by atoms with E-state index in [9.17, 15) is 13.2 Å². The first-order valence-corrected chi connectivity index (χ1v) is 6.48. The summed E-state index contributed by atoms with van der Waals surface area (Å²) in [6, 6.07) is 6.08. The van der Waals surface area contributed by atoms with Crippen LogP contribution in [0.2, 0.25) is 0 Å². The minimum atomic E-state index is -4.19. The van der Waals surface area contributed by atoms with Crippen molar-refractivity contribution >= 4 is 11.6 Å². The molecule has 0 unspecified atom stereocenters. The van der Waals surface area contributed by atoms with Crippen molar-refractivity contribution in [3.05, 3.63) is 47.3 Å². The number of nitrogens with one attached hydrogen (secondary N) is 2. The summed E-state index contributed by atoms with van der Waals surface area (Å²) in [4.78, 5) is 8.55. The summed E-state index contributed by atoms with van der Waals surface area (Å²) in [5, 5.41) is 6.16. The van der Waals surface area contributed by atoms with E-state index in [0.29, 0.717) is 18.2 Å². The van der Waals surface area contributed by atoms with Gasteiger partial charge in [0.2, 0.25) is 5.95 Å². The average Bonchev–Trinajstić information content (AvgIpc) is 2.87. The van der Waals surface area contributed by atoms with Crippen LogP contribution in [0.25, 0.3) is 0 Å². The summed E-state index contributed by atoms with van der Waals surface area (Å²) in [7, 11) is 0. The Balaban J connectivity index is 1.70. The number of rotatable bonds is 3. The van der Waals surface area contributed by atoms with E-state index in [1.54, 1.807) is 18.3 Å².